The van der Waals surface area contributed by atoms with E-state index in [1.165, 1.54) is 18.4 Å². The van der Waals surface area contributed by atoms with Crippen molar-refractivity contribution in [3.8, 4) is 6.07 Å². The average molecular weight is 156 g/mol. The molecule has 0 saturated heterocycles. The highest BCUT2D eigenvalue weighted by Crippen LogP contribution is 2.34. The first kappa shape index (κ1) is 7.36. The Balaban J connectivity index is 2.08. The molecule has 2 rings (SSSR count). The van der Waals surface area contributed by atoms with Gasteiger partial charge in [-0.2, -0.15) is 5.26 Å². The quantitative estimate of drug-likeness (QED) is 0.645. The Labute approximate surface area is 72.6 Å². The summed E-state index contributed by atoms with van der Waals surface area (Å²) in [6.45, 7) is 0. The van der Waals surface area contributed by atoms with E-state index in [1.807, 2.05) is 24.3 Å². The van der Waals surface area contributed by atoms with E-state index in [1.54, 1.807) is 0 Å². The number of nitrogens with zero attached hydrogens (tertiary/aromatic N) is 1. The molecule has 0 bridgehead atoms. The molecule has 0 amide bonds. The van der Waals surface area contributed by atoms with Crippen LogP contribution >= 0.6 is 0 Å². The molecule has 1 aliphatic carbocycles. The first-order valence-electron chi connectivity index (χ1n) is 4.23. The molecule has 1 aromatic carbocycles. The zero-order valence-electron chi connectivity index (χ0n) is 6.83. The molecule has 1 aliphatic rings. The molecule has 0 N–H and O–H groups in total. The highest BCUT2D eigenvalue weighted by Gasteiger charge is 2.21. The Hall–Kier alpha value is -1.29. The number of hydrogen-bond acceptors (Lipinski definition) is 1. The Morgan fingerprint density at radius 2 is 1.92 bits per heavy atom. The van der Waals surface area contributed by atoms with Gasteiger partial charge in [0.2, 0.25) is 0 Å². The van der Waals surface area contributed by atoms with Gasteiger partial charge < -0.3 is 0 Å². The van der Waals surface area contributed by atoms with Crippen molar-refractivity contribution in [2.45, 2.75) is 12.8 Å². The van der Waals surface area contributed by atoms with Crippen molar-refractivity contribution in [1.82, 2.24) is 0 Å². The minimum atomic E-state index is 0.739. The van der Waals surface area contributed by atoms with Crippen LogP contribution in [0.15, 0.2) is 24.3 Å². The van der Waals surface area contributed by atoms with E-state index in [-0.39, 0.29) is 0 Å². The van der Waals surface area contributed by atoms with Crippen LogP contribution in [-0.2, 0) is 0 Å². The van der Waals surface area contributed by atoms with E-state index < -0.39 is 0 Å². The molecule has 1 nitrogen and oxygen atoms in total. The van der Waals surface area contributed by atoms with Crippen LogP contribution in [0.5, 0.6) is 0 Å². The highest BCUT2D eigenvalue weighted by molar-refractivity contribution is 5.35. The third-order valence-corrected chi connectivity index (χ3v) is 2.09. The third kappa shape index (κ3) is 1.65. The summed E-state index contributed by atoms with van der Waals surface area (Å²) in [5.41, 5.74) is 1.99. The van der Waals surface area contributed by atoms with Crippen molar-refractivity contribution in [2.24, 2.45) is 5.92 Å². The second-order valence-electron chi connectivity index (χ2n) is 3.24. The van der Waals surface area contributed by atoms with E-state index in [2.05, 4.69) is 12.5 Å². The topological polar surface area (TPSA) is 23.8 Å². The van der Waals surface area contributed by atoms with Crippen molar-refractivity contribution in [3.63, 3.8) is 0 Å². The summed E-state index contributed by atoms with van der Waals surface area (Å²) in [5, 5.41) is 8.56. The van der Waals surface area contributed by atoms with Crippen LogP contribution in [0.4, 0.5) is 0 Å². The van der Waals surface area contributed by atoms with Crippen molar-refractivity contribution >= 4 is 0 Å². The van der Waals surface area contributed by atoms with Crippen LogP contribution in [0.3, 0.4) is 0 Å². The van der Waals surface area contributed by atoms with Crippen LogP contribution in [0.25, 0.3) is 0 Å². The first-order valence-corrected chi connectivity index (χ1v) is 4.23. The van der Waals surface area contributed by atoms with Crippen LogP contribution < -0.4 is 0 Å². The molecule has 1 heteroatoms. The summed E-state index contributed by atoms with van der Waals surface area (Å²) in [6, 6.07) is 9.87. The van der Waals surface area contributed by atoms with Crippen molar-refractivity contribution in [3.05, 3.63) is 41.8 Å². The molecule has 0 atom stereocenters. The predicted molar refractivity (Wildman–Crippen MR) is 47.3 cm³/mol. The van der Waals surface area contributed by atoms with E-state index in [0.717, 1.165) is 11.5 Å². The second-order valence-corrected chi connectivity index (χ2v) is 3.24. The molecular weight excluding hydrogens is 146 g/mol. The highest BCUT2D eigenvalue weighted by atomic mass is 14.3. The van der Waals surface area contributed by atoms with Gasteiger partial charge in [0.15, 0.2) is 0 Å². The summed E-state index contributed by atoms with van der Waals surface area (Å²) < 4.78 is 0. The fourth-order valence-electron chi connectivity index (χ4n) is 1.20. The van der Waals surface area contributed by atoms with Gasteiger partial charge in [0.05, 0.1) is 11.6 Å². The Bertz CT molecular complexity index is 301. The van der Waals surface area contributed by atoms with E-state index >= 15 is 0 Å². The van der Waals surface area contributed by atoms with Crippen LogP contribution in [0.1, 0.15) is 24.0 Å². The molecular formula is C11H10N. The van der Waals surface area contributed by atoms with Crippen LogP contribution in [0, 0.1) is 23.7 Å². The molecule has 0 aromatic heterocycles. The lowest BCUT2D eigenvalue weighted by Crippen LogP contribution is -1.83. The zero-order valence-corrected chi connectivity index (χ0v) is 6.83. The maximum Gasteiger partial charge on any atom is 0.0991 e. The van der Waals surface area contributed by atoms with Crippen LogP contribution in [0.2, 0.25) is 0 Å². The summed E-state index contributed by atoms with van der Waals surface area (Å²) in [7, 11) is 0. The fraction of sp³-hybridized carbons (Fsp3) is 0.273. The first-order chi connectivity index (χ1) is 5.88. The molecule has 1 radical (unpaired) electrons. The zero-order chi connectivity index (χ0) is 8.39. The Kier molecular flexibility index (Phi) is 1.83. The largest absolute Gasteiger partial charge is 0.192 e. The molecule has 0 aliphatic heterocycles. The van der Waals surface area contributed by atoms with Gasteiger partial charge in [-0.3, -0.25) is 0 Å². The normalized spacial score (nSPS) is 15.6. The maximum absolute atomic E-state index is 8.56. The molecule has 12 heavy (non-hydrogen) atoms. The van der Waals surface area contributed by atoms with Gasteiger partial charge in [-0.15, -0.1) is 0 Å². The monoisotopic (exact) mass is 156 g/mol. The van der Waals surface area contributed by atoms with E-state index in [0.29, 0.717) is 0 Å². The maximum atomic E-state index is 8.56. The molecule has 0 spiro atoms. The minimum Gasteiger partial charge on any atom is -0.192 e. The number of rotatable bonds is 2. The lowest BCUT2D eigenvalue weighted by atomic mass is 10.1. The van der Waals surface area contributed by atoms with Gasteiger partial charge in [-0.25, -0.2) is 0 Å². The van der Waals surface area contributed by atoms with Crippen molar-refractivity contribution < 1.29 is 0 Å². The summed E-state index contributed by atoms with van der Waals surface area (Å²) in [4.78, 5) is 0. The van der Waals surface area contributed by atoms with Gasteiger partial charge in [0.1, 0.15) is 0 Å². The molecule has 0 heterocycles. The Morgan fingerprint density at radius 3 is 2.42 bits per heavy atom. The van der Waals surface area contributed by atoms with Crippen molar-refractivity contribution in [2.75, 3.05) is 0 Å². The predicted octanol–water partition coefficient (Wildman–Crippen LogP) is 2.52. The molecule has 0 unspecified atom stereocenters. The van der Waals surface area contributed by atoms with Gasteiger partial charge in [-0.05, 0) is 42.9 Å². The van der Waals surface area contributed by atoms with Gasteiger partial charge in [0.25, 0.3) is 0 Å². The van der Waals surface area contributed by atoms with E-state index in [4.69, 9.17) is 5.26 Å². The average Bonchev–Trinajstić information content (AvgIpc) is 2.90. The fourth-order valence-corrected chi connectivity index (χ4v) is 1.20. The third-order valence-electron chi connectivity index (χ3n) is 2.09. The van der Waals surface area contributed by atoms with E-state index in [9.17, 15) is 0 Å². The molecule has 1 fully saturated rings. The summed E-state index contributed by atoms with van der Waals surface area (Å²) in [6.07, 6.45) is 4.95. The molecule has 59 valence electrons. The van der Waals surface area contributed by atoms with Gasteiger partial charge in [-0.1, -0.05) is 12.1 Å². The lowest BCUT2D eigenvalue weighted by Gasteiger charge is -1.97. The summed E-state index contributed by atoms with van der Waals surface area (Å²) >= 11 is 0. The number of nitriles is 1. The lowest BCUT2D eigenvalue weighted by molar-refractivity contribution is 1.02. The number of hydrogen-bond donors (Lipinski definition) is 0. The summed E-state index contributed by atoms with van der Waals surface area (Å²) in [5.74, 6) is 0.804. The van der Waals surface area contributed by atoms with Crippen molar-refractivity contribution in [1.29, 1.82) is 5.26 Å². The molecule has 1 aromatic rings. The second kappa shape index (κ2) is 2.98. The smallest absolute Gasteiger partial charge is 0.0991 e. The molecule has 1 saturated carbocycles. The SMILES string of the molecule is N#Cc1ccc([CH]C2CC2)cc1. The number of benzene rings is 1. The Morgan fingerprint density at radius 1 is 1.25 bits per heavy atom. The van der Waals surface area contributed by atoms with Gasteiger partial charge in [0, 0.05) is 0 Å². The minimum absolute atomic E-state index is 0.739. The standard InChI is InChI=1S/C11H10N/c12-8-11-5-3-10(4-6-11)7-9-1-2-9/h3-7,9H,1-2H2. The van der Waals surface area contributed by atoms with Gasteiger partial charge >= 0.3 is 0 Å². The van der Waals surface area contributed by atoms with Crippen LogP contribution in [-0.4, -0.2) is 0 Å².